The summed E-state index contributed by atoms with van der Waals surface area (Å²) in [4.78, 5) is 18.6. The maximum absolute atomic E-state index is 11.7. The Bertz CT molecular complexity index is 890. The molecule has 0 bridgehead atoms. The predicted molar refractivity (Wildman–Crippen MR) is 88.1 cm³/mol. The van der Waals surface area contributed by atoms with Crippen LogP contribution in [0.25, 0.3) is 0 Å². The Morgan fingerprint density at radius 1 is 1.43 bits per heavy atom. The van der Waals surface area contributed by atoms with Crippen LogP contribution in [0.1, 0.15) is 24.0 Å². The van der Waals surface area contributed by atoms with Crippen molar-refractivity contribution in [2.45, 2.75) is 12.8 Å². The fraction of sp³-hybridized carbons (Fsp3) is 0.133. The van der Waals surface area contributed by atoms with Crippen LogP contribution in [0.5, 0.6) is 5.88 Å². The van der Waals surface area contributed by atoms with Crippen molar-refractivity contribution in [3.8, 4) is 5.88 Å². The molecule has 2 aromatic rings. The second-order valence-electron chi connectivity index (χ2n) is 5.04. The maximum Gasteiger partial charge on any atom is 0.335 e. The number of carboxylic acid groups (broad SMARTS) is 1. The van der Waals surface area contributed by atoms with Crippen LogP contribution in [0, 0.1) is 4.77 Å². The molecule has 23 heavy (non-hydrogen) atoms. The van der Waals surface area contributed by atoms with Crippen LogP contribution in [0.4, 0.5) is 5.82 Å². The van der Waals surface area contributed by atoms with Crippen molar-refractivity contribution in [1.82, 2.24) is 9.97 Å². The number of halogens is 1. The van der Waals surface area contributed by atoms with Gasteiger partial charge < -0.3 is 20.6 Å². The van der Waals surface area contributed by atoms with Crippen LogP contribution in [0.3, 0.4) is 0 Å². The van der Waals surface area contributed by atoms with Gasteiger partial charge in [-0.3, -0.25) is 0 Å². The average Bonchev–Trinajstić information content (AvgIpc) is 2.45. The summed E-state index contributed by atoms with van der Waals surface area (Å²) in [6.45, 7) is 1.58. The minimum Gasteiger partial charge on any atom is -0.478 e. The molecule has 1 aliphatic heterocycles. The second kappa shape index (κ2) is 5.68. The number of nitrogens with zero attached hydrogens (tertiary/aromatic N) is 1. The van der Waals surface area contributed by atoms with Crippen LogP contribution in [-0.2, 0) is 4.79 Å². The molecule has 0 saturated heterocycles. The highest BCUT2D eigenvalue weighted by Crippen LogP contribution is 2.44. The zero-order valence-corrected chi connectivity index (χ0v) is 13.5. The summed E-state index contributed by atoms with van der Waals surface area (Å²) in [6.07, 6.45) is 0. The Balaban J connectivity index is 2.31. The molecule has 8 heteroatoms. The molecule has 0 amide bonds. The molecular weight excluding hydrogens is 338 g/mol. The lowest BCUT2D eigenvalue weighted by Gasteiger charge is -2.28. The van der Waals surface area contributed by atoms with Crippen molar-refractivity contribution in [3.05, 3.63) is 56.5 Å². The Morgan fingerprint density at radius 3 is 2.70 bits per heavy atom. The first-order valence-corrected chi connectivity index (χ1v) is 7.44. The maximum atomic E-state index is 11.7. The summed E-state index contributed by atoms with van der Waals surface area (Å²) in [5.74, 6) is -1.03. The van der Waals surface area contributed by atoms with E-state index in [4.69, 9.17) is 34.3 Å². The third-order valence-corrected chi connectivity index (χ3v) is 4.05. The predicted octanol–water partition coefficient (Wildman–Crippen LogP) is 3.26. The zero-order valence-electron chi connectivity index (χ0n) is 12.0. The first kappa shape index (κ1) is 15.5. The van der Waals surface area contributed by atoms with Crippen LogP contribution in [-0.4, -0.2) is 21.0 Å². The van der Waals surface area contributed by atoms with Gasteiger partial charge in [-0.1, -0.05) is 23.7 Å². The lowest BCUT2D eigenvalue weighted by Crippen LogP contribution is -2.23. The second-order valence-corrected chi connectivity index (χ2v) is 5.86. The van der Waals surface area contributed by atoms with E-state index >= 15 is 0 Å². The molecule has 0 spiro atoms. The van der Waals surface area contributed by atoms with Gasteiger partial charge in [-0.05, 0) is 36.8 Å². The van der Waals surface area contributed by atoms with Gasteiger partial charge in [-0.2, -0.15) is 4.98 Å². The van der Waals surface area contributed by atoms with Crippen molar-refractivity contribution < 1.29 is 14.6 Å². The average molecular weight is 350 g/mol. The number of nitrogen functional groups attached to an aromatic ring is 1. The number of benzene rings is 1. The summed E-state index contributed by atoms with van der Waals surface area (Å²) < 4.78 is 5.71. The van der Waals surface area contributed by atoms with Gasteiger partial charge in [0.15, 0.2) is 0 Å². The highest BCUT2D eigenvalue weighted by Gasteiger charge is 2.36. The van der Waals surface area contributed by atoms with E-state index in [0.717, 1.165) is 5.56 Å². The number of nitrogens with one attached hydrogen (secondary N) is 1. The van der Waals surface area contributed by atoms with Gasteiger partial charge in [0.1, 0.15) is 11.6 Å². The number of nitrogens with two attached hydrogens (primary N) is 1. The molecule has 118 valence electrons. The summed E-state index contributed by atoms with van der Waals surface area (Å²) in [5.41, 5.74) is 7.29. The Labute approximate surface area is 141 Å². The normalized spacial score (nSPS) is 16.7. The molecule has 0 aliphatic carbocycles. The number of carbonyl (C=O) groups is 1. The zero-order chi connectivity index (χ0) is 16.7. The number of anilines is 1. The van der Waals surface area contributed by atoms with Gasteiger partial charge in [0.25, 0.3) is 0 Å². The third-order valence-electron chi connectivity index (χ3n) is 3.61. The highest BCUT2D eigenvalue weighted by molar-refractivity contribution is 7.71. The van der Waals surface area contributed by atoms with E-state index in [1.807, 2.05) is 0 Å². The number of carboxylic acids is 1. The number of hydrogen-bond acceptors (Lipinski definition) is 5. The molecule has 1 aliphatic rings. The van der Waals surface area contributed by atoms with E-state index in [9.17, 15) is 9.90 Å². The van der Waals surface area contributed by atoms with Crippen molar-refractivity contribution >= 4 is 35.6 Å². The molecule has 1 unspecified atom stereocenters. The molecule has 2 heterocycles. The molecule has 0 saturated carbocycles. The topological polar surface area (TPSA) is 101 Å². The Kier molecular flexibility index (Phi) is 3.83. The fourth-order valence-corrected chi connectivity index (χ4v) is 2.96. The van der Waals surface area contributed by atoms with Crippen molar-refractivity contribution in [2.75, 3.05) is 5.73 Å². The quantitative estimate of drug-likeness (QED) is 0.719. The van der Waals surface area contributed by atoms with Crippen molar-refractivity contribution in [2.24, 2.45) is 0 Å². The van der Waals surface area contributed by atoms with E-state index in [0.29, 0.717) is 10.6 Å². The standard InChI is InChI=1S/C15H12ClN3O3S/c1-6-9(14(20)21)10(7-2-4-8(16)5-3-7)11-12(17)18-15(23)19-13(11)22-6/h2-5,10H,1H3,(H,20,21)(H3,17,18,19,23). The van der Waals surface area contributed by atoms with Crippen molar-refractivity contribution in [1.29, 1.82) is 0 Å². The van der Waals surface area contributed by atoms with Crippen molar-refractivity contribution in [3.63, 3.8) is 0 Å². The molecule has 1 aromatic carbocycles. The lowest BCUT2D eigenvalue weighted by molar-refractivity contribution is -0.133. The molecule has 0 fully saturated rings. The van der Waals surface area contributed by atoms with Crippen LogP contribution >= 0.6 is 23.8 Å². The summed E-state index contributed by atoms with van der Waals surface area (Å²) in [7, 11) is 0. The van der Waals surface area contributed by atoms with E-state index in [2.05, 4.69) is 9.97 Å². The highest BCUT2D eigenvalue weighted by atomic mass is 35.5. The molecule has 1 aromatic heterocycles. The number of aromatic amines is 1. The SMILES string of the molecule is CC1=C(C(=O)O)C(c2ccc(Cl)cc2)c2c(nc(=S)[nH]c2N)O1. The number of ether oxygens (including phenoxy) is 1. The van der Waals surface area contributed by atoms with Gasteiger partial charge in [0.2, 0.25) is 10.7 Å². The first-order valence-electron chi connectivity index (χ1n) is 6.65. The number of aromatic nitrogens is 2. The fourth-order valence-electron chi connectivity index (χ4n) is 2.65. The smallest absolute Gasteiger partial charge is 0.335 e. The van der Waals surface area contributed by atoms with E-state index in [1.54, 1.807) is 31.2 Å². The number of rotatable bonds is 2. The minimum atomic E-state index is -1.09. The molecule has 6 nitrogen and oxygen atoms in total. The molecule has 1 atom stereocenters. The van der Waals surface area contributed by atoms with Crippen LogP contribution in [0.2, 0.25) is 5.02 Å². The Hall–Kier alpha value is -2.38. The lowest BCUT2D eigenvalue weighted by atomic mass is 9.83. The van der Waals surface area contributed by atoms with Crippen LogP contribution < -0.4 is 10.5 Å². The third kappa shape index (κ3) is 2.69. The monoisotopic (exact) mass is 349 g/mol. The summed E-state index contributed by atoms with van der Waals surface area (Å²) >= 11 is 10.9. The van der Waals surface area contributed by atoms with Gasteiger partial charge in [0, 0.05) is 5.02 Å². The molecule has 0 radical (unpaired) electrons. The minimum absolute atomic E-state index is 0.0961. The van der Waals surface area contributed by atoms with E-state index < -0.39 is 11.9 Å². The van der Waals surface area contributed by atoms with Gasteiger partial charge >= 0.3 is 5.97 Å². The van der Waals surface area contributed by atoms with Gasteiger partial charge in [-0.25, -0.2) is 4.79 Å². The first-order chi connectivity index (χ1) is 10.9. The number of hydrogen-bond donors (Lipinski definition) is 3. The van der Waals surface area contributed by atoms with Crippen LogP contribution in [0.15, 0.2) is 35.6 Å². The summed E-state index contributed by atoms with van der Waals surface area (Å²) in [5, 5.41) is 10.2. The van der Waals surface area contributed by atoms with Gasteiger partial charge in [0.05, 0.1) is 17.1 Å². The number of aliphatic carboxylic acids is 1. The number of H-pyrrole nitrogens is 1. The van der Waals surface area contributed by atoms with E-state index in [1.165, 1.54) is 0 Å². The molecule has 3 rings (SSSR count). The molecular formula is C15H12ClN3O3S. The van der Waals surface area contributed by atoms with E-state index in [-0.39, 0.29) is 27.8 Å². The molecule has 4 N–H and O–H groups in total. The largest absolute Gasteiger partial charge is 0.478 e. The number of allylic oxidation sites excluding steroid dienone is 1. The Morgan fingerprint density at radius 2 is 2.09 bits per heavy atom. The van der Waals surface area contributed by atoms with Gasteiger partial charge in [-0.15, -0.1) is 0 Å². The number of fused-ring (bicyclic) bond motifs is 1. The summed E-state index contributed by atoms with van der Waals surface area (Å²) in [6, 6.07) is 6.88.